The van der Waals surface area contributed by atoms with Gasteiger partial charge in [0.15, 0.2) is 0 Å². The van der Waals surface area contributed by atoms with Gasteiger partial charge in [-0.05, 0) is 23.8 Å². The van der Waals surface area contributed by atoms with E-state index >= 15 is 0 Å². The van der Waals surface area contributed by atoms with Crippen LogP contribution in [0, 0.1) is 11.8 Å². The molecule has 0 fully saturated rings. The van der Waals surface area contributed by atoms with Gasteiger partial charge in [0.25, 0.3) is 0 Å². The first-order chi connectivity index (χ1) is 11.7. The van der Waals surface area contributed by atoms with Gasteiger partial charge < -0.3 is 4.74 Å². The number of hydrogen-bond acceptors (Lipinski definition) is 1. The summed E-state index contributed by atoms with van der Waals surface area (Å²) in [4.78, 5) is 0. The minimum atomic E-state index is 0.753. The van der Waals surface area contributed by atoms with Gasteiger partial charge in [-0.1, -0.05) is 109 Å². The van der Waals surface area contributed by atoms with Crippen LogP contribution in [0.25, 0.3) is 0 Å². The molecule has 0 aliphatic heterocycles. The Morgan fingerprint density at radius 1 is 0.750 bits per heavy atom. The predicted octanol–water partition coefficient (Wildman–Crippen LogP) is 7.40. The molecule has 0 bridgehead atoms. The molecule has 0 radical (unpaired) electrons. The van der Waals surface area contributed by atoms with Gasteiger partial charge >= 0.3 is 0 Å². The highest BCUT2D eigenvalue weighted by atomic mass is 16.5. The number of ether oxygens (including phenoxy) is 1. The summed E-state index contributed by atoms with van der Waals surface area (Å²) in [7, 11) is 0. The van der Waals surface area contributed by atoms with Crippen molar-refractivity contribution in [1.82, 2.24) is 0 Å². The highest BCUT2D eigenvalue weighted by molar-refractivity contribution is 5.13. The lowest BCUT2D eigenvalue weighted by atomic mass is 9.93. The van der Waals surface area contributed by atoms with E-state index in [0.717, 1.165) is 25.0 Å². The standard InChI is InChI=1S/C23H40O/c1-4-5-6-7-9-13-21(2)14-12-15-22(3)18-19-24-20-23-16-10-8-11-17-23/h8,10-11,16-17,21-22H,4-7,9,12-15,18-20H2,1-3H3/t21-,22-/m0/s1. The van der Waals surface area contributed by atoms with Crippen LogP contribution < -0.4 is 0 Å². The van der Waals surface area contributed by atoms with E-state index < -0.39 is 0 Å². The molecule has 24 heavy (non-hydrogen) atoms. The summed E-state index contributed by atoms with van der Waals surface area (Å²) in [5, 5.41) is 0. The molecular formula is C23H40O. The zero-order valence-corrected chi connectivity index (χ0v) is 16.4. The Bertz CT molecular complexity index is 373. The van der Waals surface area contributed by atoms with Gasteiger partial charge in [0.05, 0.1) is 6.61 Å². The second kappa shape index (κ2) is 14.5. The molecule has 1 nitrogen and oxygen atoms in total. The predicted molar refractivity (Wildman–Crippen MR) is 106 cm³/mol. The van der Waals surface area contributed by atoms with E-state index in [-0.39, 0.29) is 0 Å². The van der Waals surface area contributed by atoms with Gasteiger partial charge in [-0.2, -0.15) is 0 Å². The van der Waals surface area contributed by atoms with E-state index in [9.17, 15) is 0 Å². The molecule has 1 heteroatoms. The molecule has 0 saturated heterocycles. The lowest BCUT2D eigenvalue weighted by Gasteiger charge is -2.14. The third-order valence-corrected chi connectivity index (χ3v) is 5.06. The summed E-state index contributed by atoms with van der Waals surface area (Å²) < 4.78 is 5.80. The van der Waals surface area contributed by atoms with Crippen molar-refractivity contribution >= 4 is 0 Å². The van der Waals surface area contributed by atoms with Crippen molar-refractivity contribution in [1.29, 1.82) is 0 Å². The molecule has 0 aliphatic carbocycles. The zero-order valence-electron chi connectivity index (χ0n) is 16.4. The zero-order chi connectivity index (χ0) is 17.5. The minimum Gasteiger partial charge on any atom is -0.377 e. The Labute approximate surface area is 151 Å². The third kappa shape index (κ3) is 11.7. The second-order valence-corrected chi connectivity index (χ2v) is 7.67. The van der Waals surface area contributed by atoms with Crippen LogP contribution in [-0.2, 0) is 11.3 Å². The lowest BCUT2D eigenvalue weighted by molar-refractivity contribution is 0.107. The molecule has 0 amide bonds. The van der Waals surface area contributed by atoms with Crippen molar-refractivity contribution in [3.63, 3.8) is 0 Å². The van der Waals surface area contributed by atoms with Crippen molar-refractivity contribution in [2.45, 2.75) is 91.6 Å². The van der Waals surface area contributed by atoms with E-state index in [2.05, 4.69) is 51.1 Å². The van der Waals surface area contributed by atoms with Gasteiger partial charge in [-0.15, -0.1) is 0 Å². The van der Waals surface area contributed by atoms with Crippen molar-refractivity contribution in [3.8, 4) is 0 Å². The van der Waals surface area contributed by atoms with Gasteiger partial charge in [0.1, 0.15) is 0 Å². The van der Waals surface area contributed by atoms with Gasteiger partial charge in [0.2, 0.25) is 0 Å². The molecule has 1 rings (SSSR count). The quantitative estimate of drug-likeness (QED) is 0.304. The van der Waals surface area contributed by atoms with Crippen molar-refractivity contribution in [3.05, 3.63) is 35.9 Å². The fourth-order valence-electron chi connectivity index (χ4n) is 3.25. The Hall–Kier alpha value is -0.820. The maximum absolute atomic E-state index is 5.80. The van der Waals surface area contributed by atoms with Gasteiger partial charge in [-0.25, -0.2) is 0 Å². The fourth-order valence-corrected chi connectivity index (χ4v) is 3.25. The van der Waals surface area contributed by atoms with Gasteiger partial charge in [0, 0.05) is 6.61 Å². The van der Waals surface area contributed by atoms with Crippen molar-refractivity contribution in [2.75, 3.05) is 6.61 Å². The molecule has 0 spiro atoms. The second-order valence-electron chi connectivity index (χ2n) is 7.67. The van der Waals surface area contributed by atoms with Crippen LogP contribution >= 0.6 is 0 Å². The SMILES string of the molecule is CCCCCCC[C@H](C)CCC[C@H](C)CCOCc1ccccc1. The summed E-state index contributed by atoms with van der Waals surface area (Å²) >= 11 is 0. The topological polar surface area (TPSA) is 9.23 Å². The highest BCUT2D eigenvalue weighted by Gasteiger charge is 2.06. The lowest BCUT2D eigenvalue weighted by Crippen LogP contribution is -2.03. The van der Waals surface area contributed by atoms with E-state index in [1.54, 1.807) is 0 Å². The van der Waals surface area contributed by atoms with Crippen LogP contribution in [-0.4, -0.2) is 6.61 Å². The van der Waals surface area contributed by atoms with Crippen LogP contribution in [0.4, 0.5) is 0 Å². The molecular weight excluding hydrogens is 292 g/mol. The number of benzene rings is 1. The fraction of sp³-hybridized carbons (Fsp3) is 0.739. The summed E-state index contributed by atoms with van der Waals surface area (Å²) in [5.41, 5.74) is 1.28. The van der Waals surface area contributed by atoms with Crippen LogP contribution in [0.2, 0.25) is 0 Å². The smallest absolute Gasteiger partial charge is 0.0716 e. The van der Waals surface area contributed by atoms with E-state index in [1.165, 1.54) is 69.8 Å². The van der Waals surface area contributed by atoms with Crippen molar-refractivity contribution < 1.29 is 4.74 Å². The van der Waals surface area contributed by atoms with Crippen LogP contribution in [0.5, 0.6) is 0 Å². The molecule has 0 unspecified atom stereocenters. The van der Waals surface area contributed by atoms with E-state index in [4.69, 9.17) is 4.74 Å². The Morgan fingerprint density at radius 3 is 2.08 bits per heavy atom. The monoisotopic (exact) mass is 332 g/mol. The Balaban J connectivity index is 1.92. The number of hydrogen-bond donors (Lipinski definition) is 0. The number of rotatable bonds is 15. The molecule has 0 aliphatic rings. The summed E-state index contributed by atoms with van der Waals surface area (Å²) in [6.07, 6.45) is 13.8. The average Bonchev–Trinajstić information content (AvgIpc) is 2.59. The van der Waals surface area contributed by atoms with E-state index in [0.29, 0.717) is 0 Å². The maximum Gasteiger partial charge on any atom is 0.0716 e. The first kappa shape index (κ1) is 21.2. The first-order valence-electron chi connectivity index (χ1n) is 10.3. The normalized spacial score (nSPS) is 13.8. The molecule has 0 N–H and O–H groups in total. The Morgan fingerprint density at radius 2 is 1.38 bits per heavy atom. The molecule has 0 heterocycles. The number of unbranched alkanes of at least 4 members (excludes halogenated alkanes) is 4. The average molecular weight is 333 g/mol. The first-order valence-corrected chi connectivity index (χ1v) is 10.3. The Kier molecular flexibility index (Phi) is 12.8. The molecule has 1 aromatic carbocycles. The molecule has 1 aromatic rings. The molecule has 0 saturated carbocycles. The summed E-state index contributed by atoms with van der Waals surface area (Å²) in [5.74, 6) is 1.70. The minimum absolute atomic E-state index is 0.753. The van der Waals surface area contributed by atoms with Crippen LogP contribution in [0.1, 0.15) is 90.5 Å². The van der Waals surface area contributed by atoms with Crippen LogP contribution in [0.15, 0.2) is 30.3 Å². The molecule has 138 valence electrons. The van der Waals surface area contributed by atoms with E-state index in [1.807, 2.05) is 0 Å². The summed E-state index contributed by atoms with van der Waals surface area (Å²) in [6, 6.07) is 10.5. The largest absolute Gasteiger partial charge is 0.377 e. The molecule has 2 atom stereocenters. The van der Waals surface area contributed by atoms with Crippen molar-refractivity contribution in [2.24, 2.45) is 11.8 Å². The molecule has 0 aromatic heterocycles. The third-order valence-electron chi connectivity index (χ3n) is 5.06. The summed E-state index contributed by atoms with van der Waals surface area (Å²) in [6.45, 7) is 8.75. The highest BCUT2D eigenvalue weighted by Crippen LogP contribution is 2.20. The van der Waals surface area contributed by atoms with Crippen LogP contribution in [0.3, 0.4) is 0 Å². The van der Waals surface area contributed by atoms with Gasteiger partial charge in [-0.3, -0.25) is 0 Å². The maximum atomic E-state index is 5.80.